The van der Waals surface area contributed by atoms with Gasteiger partial charge < -0.3 is 9.80 Å². The Morgan fingerprint density at radius 3 is 2.73 bits per heavy atom. The molecule has 4 heteroatoms. The van der Waals surface area contributed by atoms with Crippen LogP contribution in [-0.2, 0) is 0 Å². The zero-order chi connectivity index (χ0) is 15.5. The molecule has 1 aliphatic heterocycles. The highest BCUT2D eigenvalue weighted by molar-refractivity contribution is 5.73. The summed E-state index contributed by atoms with van der Waals surface area (Å²) in [5.74, 6) is 0.996. The summed E-state index contributed by atoms with van der Waals surface area (Å²) in [5, 5.41) is 0. The van der Waals surface area contributed by atoms with Gasteiger partial charge in [0.25, 0.3) is 0 Å². The van der Waals surface area contributed by atoms with Crippen LogP contribution in [0.25, 0.3) is 11.3 Å². The average molecular weight is 294 g/mol. The van der Waals surface area contributed by atoms with Crippen molar-refractivity contribution in [3.05, 3.63) is 48.9 Å². The largest absolute Gasteiger partial charge is 0.372 e. The van der Waals surface area contributed by atoms with Crippen molar-refractivity contribution in [1.82, 2.24) is 9.97 Å². The van der Waals surface area contributed by atoms with E-state index in [1.54, 1.807) is 6.20 Å². The molecule has 2 aromatic heterocycles. The Morgan fingerprint density at radius 2 is 2.00 bits per heavy atom. The number of aromatic nitrogens is 2. The first-order valence-corrected chi connectivity index (χ1v) is 7.72. The lowest BCUT2D eigenvalue weighted by molar-refractivity contribution is 0.687. The van der Waals surface area contributed by atoms with E-state index in [-0.39, 0.29) is 0 Å². The van der Waals surface area contributed by atoms with E-state index in [1.165, 1.54) is 6.42 Å². The highest BCUT2D eigenvalue weighted by Crippen LogP contribution is 2.33. The summed E-state index contributed by atoms with van der Waals surface area (Å²) in [5.41, 5.74) is 4.19. The van der Waals surface area contributed by atoms with Crippen LogP contribution in [0.5, 0.6) is 0 Å². The predicted molar refractivity (Wildman–Crippen MR) is 92.1 cm³/mol. The Labute approximate surface area is 132 Å². The molecular formula is C18H22N4. The maximum absolute atomic E-state index is 4.92. The van der Waals surface area contributed by atoms with Crippen molar-refractivity contribution >= 4 is 11.5 Å². The highest BCUT2D eigenvalue weighted by atomic mass is 15.2. The van der Waals surface area contributed by atoms with Crippen LogP contribution in [0, 0.1) is 0 Å². The van der Waals surface area contributed by atoms with Gasteiger partial charge in [-0.1, -0.05) is 6.58 Å². The molecule has 0 saturated carbocycles. The number of pyridine rings is 2. The van der Waals surface area contributed by atoms with Gasteiger partial charge in [0.1, 0.15) is 0 Å². The minimum Gasteiger partial charge on any atom is -0.372 e. The van der Waals surface area contributed by atoms with Gasteiger partial charge in [-0.05, 0) is 44.0 Å². The first-order chi connectivity index (χ1) is 10.7. The van der Waals surface area contributed by atoms with E-state index in [1.807, 2.05) is 25.3 Å². The van der Waals surface area contributed by atoms with E-state index >= 15 is 0 Å². The second-order valence-corrected chi connectivity index (χ2v) is 5.80. The van der Waals surface area contributed by atoms with Crippen molar-refractivity contribution in [2.75, 3.05) is 29.9 Å². The monoisotopic (exact) mass is 294 g/mol. The van der Waals surface area contributed by atoms with Gasteiger partial charge in [-0.2, -0.15) is 0 Å². The summed E-state index contributed by atoms with van der Waals surface area (Å²) in [6.45, 7) is 8.21. The van der Waals surface area contributed by atoms with Crippen LogP contribution in [0.1, 0.15) is 19.8 Å². The lowest BCUT2D eigenvalue weighted by atomic mass is 10.1. The van der Waals surface area contributed by atoms with Crippen LogP contribution in [0.15, 0.2) is 48.9 Å². The van der Waals surface area contributed by atoms with Crippen LogP contribution in [0.3, 0.4) is 0 Å². The van der Waals surface area contributed by atoms with Crippen molar-refractivity contribution in [3.63, 3.8) is 0 Å². The van der Waals surface area contributed by atoms with Crippen LogP contribution < -0.4 is 9.80 Å². The molecule has 0 amide bonds. The Bertz CT molecular complexity index is 666. The van der Waals surface area contributed by atoms with E-state index in [2.05, 4.69) is 40.5 Å². The predicted octanol–water partition coefficient (Wildman–Crippen LogP) is 3.71. The number of allylic oxidation sites excluding steroid dienone is 1. The molecule has 0 aliphatic carbocycles. The minimum atomic E-state index is 0.951. The lowest BCUT2D eigenvalue weighted by Gasteiger charge is -2.32. The van der Waals surface area contributed by atoms with Gasteiger partial charge in [-0.25, -0.2) is 4.98 Å². The molecule has 0 spiro atoms. The maximum atomic E-state index is 4.92. The molecule has 22 heavy (non-hydrogen) atoms. The molecule has 1 aliphatic rings. The van der Waals surface area contributed by atoms with Crippen molar-refractivity contribution in [2.24, 2.45) is 0 Å². The second-order valence-electron chi connectivity index (χ2n) is 5.80. The number of hydrogen-bond acceptors (Lipinski definition) is 4. The molecule has 0 atom stereocenters. The van der Waals surface area contributed by atoms with E-state index in [4.69, 9.17) is 4.98 Å². The number of hydrogen-bond donors (Lipinski definition) is 0. The molecule has 0 N–H and O–H groups in total. The molecule has 114 valence electrons. The quantitative estimate of drug-likeness (QED) is 0.845. The molecule has 2 aromatic rings. The number of rotatable bonds is 2. The van der Waals surface area contributed by atoms with Gasteiger partial charge in [0, 0.05) is 43.8 Å². The molecule has 3 heterocycles. The zero-order valence-corrected chi connectivity index (χ0v) is 13.3. The van der Waals surface area contributed by atoms with Crippen molar-refractivity contribution in [3.8, 4) is 11.3 Å². The van der Waals surface area contributed by atoms with Crippen LogP contribution in [0.2, 0.25) is 0 Å². The van der Waals surface area contributed by atoms with Gasteiger partial charge in [-0.3, -0.25) is 4.98 Å². The molecule has 4 nitrogen and oxygen atoms in total. The Hall–Kier alpha value is -2.36. The average Bonchev–Trinajstić information content (AvgIpc) is 2.53. The first kappa shape index (κ1) is 14.6. The standard InChI is InChI=1S/C18H22N4/c1-14(2)22-12-5-4-11-21(3)17-9-8-16(20-18(17)22)15-7-6-10-19-13-15/h6-10,13H,1,4-5,11-12H2,2-3H3. The fraction of sp³-hybridized carbons (Fsp3) is 0.333. The molecular weight excluding hydrogens is 272 g/mol. The fourth-order valence-electron chi connectivity index (χ4n) is 2.83. The second kappa shape index (κ2) is 6.18. The highest BCUT2D eigenvalue weighted by Gasteiger charge is 2.20. The number of fused-ring (bicyclic) bond motifs is 1. The van der Waals surface area contributed by atoms with E-state index in [9.17, 15) is 0 Å². The van der Waals surface area contributed by atoms with Crippen LogP contribution in [-0.4, -0.2) is 30.1 Å². The lowest BCUT2D eigenvalue weighted by Crippen LogP contribution is -2.30. The van der Waals surface area contributed by atoms with Gasteiger partial charge in [0.2, 0.25) is 0 Å². The Morgan fingerprint density at radius 1 is 1.18 bits per heavy atom. The van der Waals surface area contributed by atoms with Crippen molar-refractivity contribution in [1.29, 1.82) is 0 Å². The minimum absolute atomic E-state index is 0.951. The van der Waals surface area contributed by atoms with Gasteiger partial charge in [0.05, 0.1) is 11.4 Å². The number of anilines is 2. The van der Waals surface area contributed by atoms with E-state index in [0.717, 1.165) is 48.0 Å². The topological polar surface area (TPSA) is 32.3 Å². The molecule has 0 aromatic carbocycles. The number of nitrogens with zero attached hydrogens (tertiary/aromatic N) is 4. The third-order valence-corrected chi connectivity index (χ3v) is 4.06. The Balaban J connectivity index is 2.11. The zero-order valence-electron chi connectivity index (χ0n) is 13.3. The SMILES string of the molecule is C=C(C)N1CCCCN(C)c2ccc(-c3cccnc3)nc21. The molecule has 0 bridgehead atoms. The molecule has 0 saturated heterocycles. The van der Waals surface area contributed by atoms with E-state index < -0.39 is 0 Å². The van der Waals surface area contributed by atoms with Gasteiger partial charge in [-0.15, -0.1) is 0 Å². The smallest absolute Gasteiger partial charge is 0.157 e. The first-order valence-electron chi connectivity index (χ1n) is 7.72. The molecule has 0 fully saturated rings. The Kier molecular flexibility index (Phi) is 4.09. The summed E-state index contributed by atoms with van der Waals surface area (Å²) in [4.78, 5) is 13.6. The van der Waals surface area contributed by atoms with Gasteiger partial charge in [0.15, 0.2) is 5.82 Å². The summed E-state index contributed by atoms with van der Waals surface area (Å²) < 4.78 is 0. The maximum Gasteiger partial charge on any atom is 0.157 e. The van der Waals surface area contributed by atoms with Gasteiger partial charge >= 0.3 is 0 Å². The van der Waals surface area contributed by atoms with Crippen molar-refractivity contribution in [2.45, 2.75) is 19.8 Å². The van der Waals surface area contributed by atoms with E-state index in [0.29, 0.717) is 0 Å². The summed E-state index contributed by atoms with van der Waals surface area (Å²) in [7, 11) is 2.13. The van der Waals surface area contributed by atoms with Crippen molar-refractivity contribution < 1.29 is 0 Å². The third-order valence-electron chi connectivity index (χ3n) is 4.06. The molecule has 3 rings (SSSR count). The summed E-state index contributed by atoms with van der Waals surface area (Å²) in [6, 6.07) is 8.21. The normalized spacial score (nSPS) is 15.0. The third kappa shape index (κ3) is 2.82. The van der Waals surface area contributed by atoms with Crippen LogP contribution in [0.4, 0.5) is 11.5 Å². The molecule has 0 unspecified atom stereocenters. The van der Waals surface area contributed by atoms with Crippen LogP contribution >= 0.6 is 0 Å². The molecule has 0 radical (unpaired) electrons. The summed E-state index contributed by atoms with van der Waals surface area (Å²) in [6.07, 6.45) is 5.97. The fourth-order valence-corrected chi connectivity index (χ4v) is 2.83. The summed E-state index contributed by atoms with van der Waals surface area (Å²) >= 11 is 0.